The lowest BCUT2D eigenvalue weighted by Crippen LogP contribution is -2.51. The Bertz CT molecular complexity index is 541. The van der Waals surface area contributed by atoms with Crippen LogP contribution in [-0.4, -0.2) is 62.4 Å². The summed E-state index contributed by atoms with van der Waals surface area (Å²) in [6.45, 7) is 0.822. The SMILES string of the molecule is CN1C(=O)CCC(NCCn2cc(C(=O)O)nn2)C1=O. The topological polar surface area (TPSA) is 117 Å². The van der Waals surface area contributed by atoms with Gasteiger partial charge in [0, 0.05) is 20.0 Å². The minimum Gasteiger partial charge on any atom is -0.476 e. The Hall–Kier alpha value is -2.29. The normalized spacial score (nSPS) is 19.4. The van der Waals surface area contributed by atoms with Crippen LogP contribution in [0.25, 0.3) is 0 Å². The fourth-order valence-electron chi connectivity index (χ4n) is 1.96. The second-order valence-electron chi connectivity index (χ2n) is 4.51. The van der Waals surface area contributed by atoms with Crippen LogP contribution in [0.15, 0.2) is 6.20 Å². The second kappa shape index (κ2) is 5.78. The largest absolute Gasteiger partial charge is 0.476 e. The predicted molar refractivity (Wildman–Crippen MR) is 65.8 cm³/mol. The zero-order chi connectivity index (χ0) is 14.7. The molecule has 0 aliphatic carbocycles. The van der Waals surface area contributed by atoms with Gasteiger partial charge in [-0.25, -0.2) is 4.79 Å². The summed E-state index contributed by atoms with van der Waals surface area (Å²) in [4.78, 5) is 34.9. The molecule has 0 spiro atoms. The summed E-state index contributed by atoms with van der Waals surface area (Å²) in [5, 5.41) is 18.9. The molecule has 2 amide bonds. The Morgan fingerprint density at radius 3 is 2.95 bits per heavy atom. The number of amides is 2. The molecule has 1 fully saturated rings. The van der Waals surface area contributed by atoms with Gasteiger partial charge in [0.05, 0.1) is 18.8 Å². The third kappa shape index (κ3) is 2.99. The van der Waals surface area contributed by atoms with E-state index in [9.17, 15) is 14.4 Å². The van der Waals surface area contributed by atoms with Crippen molar-refractivity contribution >= 4 is 17.8 Å². The molecule has 9 heteroatoms. The van der Waals surface area contributed by atoms with Crippen LogP contribution < -0.4 is 5.32 Å². The maximum atomic E-state index is 11.8. The van der Waals surface area contributed by atoms with Crippen LogP contribution in [0.3, 0.4) is 0 Å². The molecular formula is C11H15N5O4. The lowest BCUT2D eigenvalue weighted by Gasteiger charge is -2.28. The molecule has 2 N–H and O–H groups in total. The van der Waals surface area contributed by atoms with Crippen molar-refractivity contribution in [1.82, 2.24) is 25.2 Å². The van der Waals surface area contributed by atoms with E-state index in [1.54, 1.807) is 0 Å². The summed E-state index contributed by atoms with van der Waals surface area (Å²) in [6.07, 6.45) is 2.13. The van der Waals surface area contributed by atoms with Crippen molar-refractivity contribution in [3.05, 3.63) is 11.9 Å². The highest BCUT2D eigenvalue weighted by Crippen LogP contribution is 2.11. The van der Waals surface area contributed by atoms with Gasteiger partial charge in [-0.2, -0.15) is 0 Å². The maximum absolute atomic E-state index is 11.8. The number of aromatic nitrogens is 3. The zero-order valence-electron chi connectivity index (χ0n) is 10.9. The van der Waals surface area contributed by atoms with Crippen LogP contribution in [0.1, 0.15) is 23.3 Å². The Morgan fingerprint density at radius 2 is 2.30 bits per heavy atom. The lowest BCUT2D eigenvalue weighted by atomic mass is 10.0. The van der Waals surface area contributed by atoms with Gasteiger partial charge in [-0.1, -0.05) is 5.21 Å². The quantitative estimate of drug-likeness (QED) is 0.645. The molecule has 1 aromatic rings. The monoisotopic (exact) mass is 281 g/mol. The summed E-state index contributed by atoms with van der Waals surface area (Å²) < 4.78 is 1.39. The summed E-state index contributed by atoms with van der Waals surface area (Å²) in [7, 11) is 1.47. The maximum Gasteiger partial charge on any atom is 0.358 e. The zero-order valence-corrected chi connectivity index (χ0v) is 10.9. The van der Waals surface area contributed by atoms with E-state index in [0.29, 0.717) is 25.9 Å². The molecule has 1 aliphatic heterocycles. The van der Waals surface area contributed by atoms with E-state index in [-0.39, 0.29) is 23.6 Å². The smallest absolute Gasteiger partial charge is 0.358 e. The van der Waals surface area contributed by atoms with Crippen LogP contribution in [0.4, 0.5) is 0 Å². The number of piperidine rings is 1. The number of likely N-dealkylation sites (N-methyl/N-ethyl adjacent to an activating group) is 1. The molecule has 0 aromatic carbocycles. The van der Waals surface area contributed by atoms with Crippen LogP contribution >= 0.6 is 0 Å². The first-order valence-corrected chi connectivity index (χ1v) is 6.16. The molecule has 9 nitrogen and oxygen atoms in total. The summed E-state index contributed by atoms with van der Waals surface area (Å²) in [5.74, 6) is -1.55. The highest BCUT2D eigenvalue weighted by Gasteiger charge is 2.31. The highest BCUT2D eigenvalue weighted by atomic mass is 16.4. The lowest BCUT2D eigenvalue weighted by molar-refractivity contribution is -0.148. The van der Waals surface area contributed by atoms with Gasteiger partial charge in [0.25, 0.3) is 0 Å². The number of hydrogen-bond acceptors (Lipinski definition) is 6. The number of nitrogens with one attached hydrogen (secondary N) is 1. The first-order valence-electron chi connectivity index (χ1n) is 6.16. The standard InChI is InChI=1S/C11H15N5O4/c1-15-9(17)3-2-7(10(15)18)12-4-5-16-6-8(11(19)20)13-14-16/h6-7,12H,2-5H2,1H3,(H,19,20). The molecule has 108 valence electrons. The number of carbonyl (C=O) groups excluding carboxylic acids is 2. The van der Waals surface area contributed by atoms with Gasteiger partial charge >= 0.3 is 5.97 Å². The third-order valence-electron chi connectivity index (χ3n) is 3.14. The number of carbonyl (C=O) groups is 3. The number of hydrogen-bond donors (Lipinski definition) is 2. The molecule has 0 saturated carbocycles. The van der Waals surface area contributed by atoms with Crippen molar-refractivity contribution in [2.45, 2.75) is 25.4 Å². The molecule has 0 radical (unpaired) electrons. The van der Waals surface area contributed by atoms with Gasteiger partial charge in [0.2, 0.25) is 11.8 Å². The van der Waals surface area contributed by atoms with Gasteiger partial charge in [0.15, 0.2) is 5.69 Å². The minimum atomic E-state index is -1.13. The van der Waals surface area contributed by atoms with Gasteiger partial charge < -0.3 is 10.4 Å². The molecule has 2 heterocycles. The molecule has 1 atom stereocenters. The van der Waals surface area contributed by atoms with E-state index in [0.717, 1.165) is 4.90 Å². The Kier molecular flexibility index (Phi) is 4.08. The molecule has 1 aromatic heterocycles. The van der Waals surface area contributed by atoms with Crippen molar-refractivity contribution in [2.24, 2.45) is 0 Å². The fourth-order valence-corrected chi connectivity index (χ4v) is 1.96. The molecule has 1 unspecified atom stereocenters. The molecule has 1 aliphatic rings. The third-order valence-corrected chi connectivity index (χ3v) is 3.14. The van der Waals surface area contributed by atoms with Gasteiger partial charge in [-0.3, -0.25) is 19.2 Å². The van der Waals surface area contributed by atoms with Crippen molar-refractivity contribution in [2.75, 3.05) is 13.6 Å². The van der Waals surface area contributed by atoms with Crippen LogP contribution in [0.2, 0.25) is 0 Å². The Labute approximate surface area is 114 Å². The number of likely N-dealkylation sites (tertiary alicyclic amines) is 1. The van der Waals surface area contributed by atoms with E-state index in [1.165, 1.54) is 17.9 Å². The van der Waals surface area contributed by atoms with Gasteiger partial charge in [-0.05, 0) is 6.42 Å². The van der Waals surface area contributed by atoms with Crippen molar-refractivity contribution < 1.29 is 19.5 Å². The molecular weight excluding hydrogens is 266 g/mol. The van der Waals surface area contributed by atoms with E-state index in [1.807, 2.05) is 0 Å². The summed E-state index contributed by atoms with van der Waals surface area (Å²) in [5.41, 5.74) is -0.121. The fraction of sp³-hybridized carbons (Fsp3) is 0.545. The first-order chi connectivity index (χ1) is 9.49. The average Bonchev–Trinajstić information content (AvgIpc) is 2.88. The van der Waals surface area contributed by atoms with Crippen LogP contribution in [0.5, 0.6) is 0 Å². The Morgan fingerprint density at radius 1 is 1.55 bits per heavy atom. The van der Waals surface area contributed by atoms with E-state index >= 15 is 0 Å². The molecule has 20 heavy (non-hydrogen) atoms. The number of carboxylic acids is 1. The number of rotatable bonds is 5. The van der Waals surface area contributed by atoms with Crippen molar-refractivity contribution in [3.63, 3.8) is 0 Å². The van der Waals surface area contributed by atoms with Gasteiger partial charge in [-0.15, -0.1) is 5.10 Å². The summed E-state index contributed by atoms with van der Waals surface area (Å²) in [6, 6.07) is -0.389. The summed E-state index contributed by atoms with van der Waals surface area (Å²) >= 11 is 0. The molecule has 1 saturated heterocycles. The van der Waals surface area contributed by atoms with Crippen LogP contribution in [0, 0.1) is 0 Å². The average molecular weight is 281 g/mol. The number of nitrogens with zero attached hydrogens (tertiary/aromatic N) is 4. The molecule has 2 rings (SSSR count). The number of imide groups is 1. The predicted octanol–water partition coefficient (Wildman–Crippen LogP) is -1.29. The first kappa shape index (κ1) is 14.1. The Balaban J connectivity index is 1.82. The van der Waals surface area contributed by atoms with Crippen LogP contribution in [-0.2, 0) is 16.1 Å². The van der Waals surface area contributed by atoms with E-state index < -0.39 is 5.97 Å². The van der Waals surface area contributed by atoms with Gasteiger partial charge in [0.1, 0.15) is 0 Å². The van der Waals surface area contributed by atoms with Crippen molar-refractivity contribution in [1.29, 1.82) is 0 Å². The number of carboxylic acid groups (broad SMARTS) is 1. The minimum absolute atomic E-state index is 0.121. The van der Waals surface area contributed by atoms with Crippen molar-refractivity contribution in [3.8, 4) is 0 Å². The number of aromatic carboxylic acids is 1. The molecule has 0 bridgehead atoms. The van der Waals surface area contributed by atoms with E-state index in [2.05, 4.69) is 15.6 Å². The highest BCUT2D eigenvalue weighted by molar-refractivity contribution is 6.00. The van der Waals surface area contributed by atoms with E-state index in [4.69, 9.17) is 5.11 Å². The second-order valence-corrected chi connectivity index (χ2v) is 4.51.